The maximum absolute atomic E-state index is 10.2. The van der Waals surface area contributed by atoms with Gasteiger partial charge in [-0.2, -0.15) is 0 Å². The summed E-state index contributed by atoms with van der Waals surface area (Å²) in [6, 6.07) is 18.8. The third-order valence-corrected chi connectivity index (χ3v) is 5.41. The third-order valence-electron chi connectivity index (χ3n) is 4.96. The molecule has 0 aliphatic carbocycles. The summed E-state index contributed by atoms with van der Waals surface area (Å²) in [6.07, 6.45) is 2.22. The van der Waals surface area contributed by atoms with Gasteiger partial charge < -0.3 is 18.8 Å². The van der Waals surface area contributed by atoms with E-state index < -0.39 is 10.4 Å². The van der Waals surface area contributed by atoms with Crippen LogP contribution in [0.2, 0.25) is 0 Å². The molecule has 0 fully saturated rings. The molecule has 178 valence electrons. The van der Waals surface area contributed by atoms with Crippen molar-refractivity contribution < 1.29 is 60.9 Å². The third kappa shape index (κ3) is 14.1. The fourth-order valence-electron chi connectivity index (χ4n) is 3.47. The Bertz CT molecular complexity index is 860. The van der Waals surface area contributed by atoms with E-state index in [-0.39, 0.29) is 49.4 Å². The Morgan fingerprint density at radius 3 is 2.00 bits per heavy atom. The van der Waals surface area contributed by atoms with Crippen molar-refractivity contribution in [1.82, 2.24) is 0 Å². The Balaban J connectivity index is 0.00000544. The molecule has 0 amide bonds. The van der Waals surface area contributed by atoms with E-state index in [1.165, 1.54) is 11.1 Å². The van der Waals surface area contributed by atoms with Gasteiger partial charge in [0.15, 0.2) is 0 Å². The Labute approximate surface area is 220 Å². The molecule has 0 saturated carbocycles. The van der Waals surface area contributed by atoms with Crippen LogP contribution in [0.3, 0.4) is 0 Å². The van der Waals surface area contributed by atoms with Crippen LogP contribution in [0.15, 0.2) is 54.6 Å². The predicted molar refractivity (Wildman–Crippen MR) is 122 cm³/mol. The number of hydrogen-bond donors (Lipinski definition) is 0. The zero-order valence-corrected chi connectivity index (χ0v) is 22.6. The summed E-state index contributed by atoms with van der Waals surface area (Å²) in [7, 11) is -4.66. The van der Waals surface area contributed by atoms with E-state index in [9.17, 15) is 13.0 Å². The molecular formula is C24H33NaO7S. The average molecular weight is 489 g/mol. The fraction of sp³-hybridized carbons (Fsp3) is 0.500. The van der Waals surface area contributed by atoms with E-state index in [0.717, 1.165) is 18.6 Å². The van der Waals surface area contributed by atoms with Crippen molar-refractivity contribution in [2.24, 2.45) is 5.92 Å². The molecule has 2 aromatic carbocycles. The molecule has 33 heavy (non-hydrogen) atoms. The Hall–Kier alpha value is -0.970. The van der Waals surface area contributed by atoms with E-state index in [4.69, 9.17) is 14.2 Å². The summed E-state index contributed by atoms with van der Waals surface area (Å²) < 4.78 is 50.9. The smallest absolute Gasteiger partial charge is 0.726 e. The molecule has 0 spiro atoms. The van der Waals surface area contributed by atoms with Crippen molar-refractivity contribution >= 4 is 10.4 Å². The van der Waals surface area contributed by atoms with Gasteiger partial charge in [-0.3, -0.25) is 4.18 Å². The van der Waals surface area contributed by atoms with Gasteiger partial charge in [-0.15, -0.1) is 0 Å². The predicted octanol–water partition coefficient (Wildman–Crippen LogP) is 0.952. The number of rotatable bonds is 16. The second-order valence-corrected chi connectivity index (χ2v) is 8.86. The van der Waals surface area contributed by atoms with Gasteiger partial charge in [-0.25, -0.2) is 8.42 Å². The molecule has 0 N–H and O–H groups in total. The Morgan fingerprint density at radius 2 is 1.39 bits per heavy atom. The second-order valence-electron chi connectivity index (χ2n) is 7.80. The first-order valence-corrected chi connectivity index (χ1v) is 12.2. The molecule has 2 aromatic rings. The zero-order chi connectivity index (χ0) is 23.2. The minimum atomic E-state index is -4.66. The minimum absolute atomic E-state index is 0. The van der Waals surface area contributed by atoms with Gasteiger partial charge in [-0.1, -0.05) is 56.3 Å². The standard InChI is InChI=1S/C24H34O7S.Na/c1-20(19-22-6-4-3-5-7-22)18-21(2)23-8-10-24(11-9-23)30-16-14-28-12-13-29-15-17-31-32(25,26)27;/h3-11,20-21H,12-19H2,1-2H3,(H,25,26,27);/q;+1/p-1. The van der Waals surface area contributed by atoms with E-state index in [0.29, 0.717) is 31.7 Å². The average Bonchev–Trinajstić information content (AvgIpc) is 2.75. The van der Waals surface area contributed by atoms with Crippen molar-refractivity contribution in [2.75, 3.05) is 39.6 Å². The topological polar surface area (TPSA) is 94.1 Å². The Morgan fingerprint density at radius 1 is 0.818 bits per heavy atom. The molecule has 0 aromatic heterocycles. The van der Waals surface area contributed by atoms with Gasteiger partial charge in [0.2, 0.25) is 10.4 Å². The second kappa shape index (κ2) is 16.6. The molecule has 0 heterocycles. The number of benzene rings is 2. The maximum Gasteiger partial charge on any atom is 1.00 e. The molecule has 0 radical (unpaired) electrons. The molecule has 2 rings (SSSR count). The molecular weight excluding hydrogens is 455 g/mol. The monoisotopic (exact) mass is 488 g/mol. The molecule has 0 aliphatic heterocycles. The van der Waals surface area contributed by atoms with Crippen molar-refractivity contribution in [1.29, 1.82) is 0 Å². The van der Waals surface area contributed by atoms with E-state index in [1.807, 2.05) is 12.1 Å². The summed E-state index contributed by atoms with van der Waals surface area (Å²) in [5.74, 6) is 1.89. The van der Waals surface area contributed by atoms with Crippen LogP contribution in [0.5, 0.6) is 5.75 Å². The van der Waals surface area contributed by atoms with Crippen LogP contribution in [0.1, 0.15) is 37.3 Å². The van der Waals surface area contributed by atoms with Crippen molar-refractivity contribution in [3.8, 4) is 5.75 Å². The van der Waals surface area contributed by atoms with E-state index in [2.05, 4.69) is 60.5 Å². The van der Waals surface area contributed by atoms with Crippen molar-refractivity contribution in [3.05, 3.63) is 65.7 Å². The molecule has 7 nitrogen and oxygen atoms in total. The molecule has 0 aliphatic rings. The molecule has 0 bridgehead atoms. The Kier molecular flexibility index (Phi) is 15.1. The summed E-state index contributed by atoms with van der Waals surface area (Å²) >= 11 is 0. The maximum atomic E-state index is 10.2. The molecule has 2 unspecified atom stereocenters. The van der Waals surface area contributed by atoms with Crippen LogP contribution in [-0.4, -0.2) is 52.6 Å². The zero-order valence-electron chi connectivity index (χ0n) is 19.8. The van der Waals surface area contributed by atoms with Gasteiger partial charge in [0, 0.05) is 0 Å². The molecule has 2 atom stereocenters. The summed E-state index contributed by atoms with van der Waals surface area (Å²) in [6.45, 7) is 5.72. The minimum Gasteiger partial charge on any atom is -0.726 e. The van der Waals surface area contributed by atoms with Crippen LogP contribution in [-0.2, 0) is 30.5 Å². The van der Waals surface area contributed by atoms with Gasteiger partial charge in [0.1, 0.15) is 12.4 Å². The van der Waals surface area contributed by atoms with Gasteiger partial charge in [0.05, 0.1) is 33.0 Å². The summed E-state index contributed by atoms with van der Waals surface area (Å²) in [4.78, 5) is 0. The van der Waals surface area contributed by atoms with E-state index in [1.54, 1.807) is 0 Å². The molecule has 0 saturated heterocycles. The van der Waals surface area contributed by atoms with Crippen molar-refractivity contribution in [2.45, 2.75) is 32.6 Å². The van der Waals surface area contributed by atoms with Crippen LogP contribution in [0.4, 0.5) is 0 Å². The fourth-order valence-corrected chi connectivity index (χ4v) is 3.74. The number of hydrogen-bond acceptors (Lipinski definition) is 7. The summed E-state index contributed by atoms with van der Waals surface area (Å²) in [5, 5.41) is 0. The largest absolute Gasteiger partial charge is 1.00 e. The first-order chi connectivity index (χ1) is 15.3. The van der Waals surface area contributed by atoms with Crippen LogP contribution >= 0.6 is 0 Å². The van der Waals surface area contributed by atoms with Gasteiger partial charge in [0.25, 0.3) is 0 Å². The van der Waals surface area contributed by atoms with Crippen LogP contribution < -0.4 is 34.3 Å². The van der Waals surface area contributed by atoms with Crippen LogP contribution in [0.25, 0.3) is 0 Å². The van der Waals surface area contributed by atoms with Gasteiger partial charge >= 0.3 is 29.6 Å². The molecule has 9 heteroatoms. The SMILES string of the molecule is CC(Cc1ccccc1)CC(C)c1ccc(OCCOCCOCCOS(=O)(=O)[O-])cc1.[Na+]. The van der Waals surface area contributed by atoms with Crippen LogP contribution in [0, 0.1) is 5.92 Å². The normalized spacial score (nSPS) is 13.2. The summed E-state index contributed by atoms with van der Waals surface area (Å²) in [5.41, 5.74) is 2.69. The van der Waals surface area contributed by atoms with Crippen molar-refractivity contribution in [3.63, 3.8) is 0 Å². The van der Waals surface area contributed by atoms with E-state index >= 15 is 0 Å². The first-order valence-electron chi connectivity index (χ1n) is 10.9. The number of ether oxygens (including phenoxy) is 3. The quantitative estimate of drug-likeness (QED) is 0.150. The van der Waals surface area contributed by atoms with Gasteiger partial charge in [-0.05, 0) is 47.9 Å². The first kappa shape index (κ1) is 30.1.